The highest BCUT2D eigenvalue weighted by Gasteiger charge is 2.46. The Morgan fingerprint density at radius 1 is 1.16 bits per heavy atom. The number of piperazine rings is 1. The Kier molecular flexibility index (Phi) is 6.11. The Bertz CT molecular complexity index is 941. The predicted molar refractivity (Wildman–Crippen MR) is 116 cm³/mol. The molecule has 1 aliphatic carbocycles. The summed E-state index contributed by atoms with van der Waals surface area (Å²) < 4.78 is 19.1. The molecule has 1 saturated heterocycles. The van der Waals surface area contributed by atoms with Crippen LogP contribution in [0, 0.1) is 5.82 Å². The number of rotatable bonds is 5. The predicted octanol–water partition coefficient (Wildman–Crippen LogP) is 3.65. The number of hydrogen-bond donors (Lipinski definition) is 2. The van der Waals surface area contributed by atoms with Crippen LogP contribution in [0.25, 0.3) is 0 Å². The summed E-state index contributed by atoms with van der Waals surface area (Å²) in [5, 5.41) is 6.31. The molecule has 1 heterocycles. The molecule has 0 bridgehead atoms. The van der Waals surface area contributed by atoms with Gasteiger partial charge in [0.2, 0.25) is 11.8 Å². The molecule has 4 rings (SSSR count). The van der Waals surface area contributed by atoms with Gasteiger partial charge in [0.25, 0.3) is 0 Å². The van der Waals surface area contributed by atoms with Gasteiger partial charge in [0, 0.05) is 18.8 Å². The molecule has 6 nitrogen and oxygen atoms in total. The van der Waals surface area contributed by atoms with E-state index in [1.54, 1.807) is 24.1 Å². The van der Waals surface area contributed by atoms with Crippen molar-refractivity contribution in [2.75, 3.05) is 25.5 Å². The van der Waals surface area contributed by atoms with Crippen LogP contribution in [0.5, 0.6) is 5.75 Å². The summed E-state index contributed by atoms with van der Waals surface area (Å²) in [6, 6.07) is 12.6. The summed E-state index contributed by atoms with van der Waals surface area (Å²) >= 11 is 0. The SMILES string of the molecule is COc1ccc(NC2(C(=O)N3CCNC(=O)C3c3cccc(F)c3)CCCCC2)cc1. The molecule has 2 aromatic rings. The van der Waals surface area contributed by atoms with Gasteiger partial charge >= 0.3 is 0 Å². The van der Waals surface area contributed by atoms with Crippen LogP contribution in [0.2, 0.25) is 0 Å². The van der Waals surface area contributed by atoms with E-state index in [-0.39, 0.29) is 11.8 Å². The first-order valence-electron chi connectivity index (χ1n) is 10.8. The molecular weight excluding hydrogens is 397 g/mol. The van der Waals surface area contributed by atoms with Crippen molar-refractivity contribution in [1.29, 1.82) is 0 Å². The minimum absolute atomic E-state index is 0.105. The number of hydrogen-bond acceptors (Lipinski definition) is 4. The fourth-order valence-corrected chi connectivity index (χ4v) is 4.67. The van der Waals surface area contributed by atoms with Crippen molar-refractivity contribution in [2.24, 2.45) is 0 Å². The molecule has 1 atom stereocenters. The lowest BCUT2D eigenvalue weighted by atomic mass is 9.79. The molecule has 0 spiro atoms. The minimum atomic E-state index is -0.839. The first-order valence-corrected chi connectivity index (χ1v) is 10.8. The van der Waals surface area contributed by atoms with E-state index >= 15 is 0 Å². The third-order valence-corrected chi connectivity index (χ3v) is 6.23. The maximum absolute atomic E-state index is 14.0. The monoisotopic (exact) mass is 425 g/mol. The van der Waals surface area contributed by atoms with Gasteiger partial charge in [0.05, 0.1) is 7.11 Å². The number of carbonyl (C=O) groups excluding carboxylic acids is 2. The van der Waals surface area contributed by atoms with Crippen molar-refractivity contribution in [3.8, 4) is 5.75 Å². The molecule has 2 N–H and O–H groups in total. The molecule has 0 aromatic heterocycles. The van der Waals surface area contributed by atoms with Crippen LogP contribution in [0.15, 0.2) is 48.5 Å². The molecule has 2 aliphatic rings. The molecule has 0 radical (unpaired) electrons. The van der Waals surface area contributed by atoms with Crippen molar-refractivity contribution in [2.45, 2.75) is 43.7 Å². The third-order valence-electron chi connectivity index (χ3n) is 6.23. The van der Waals surface area contributed by atoms with Crippen LogP contribution in [-0.2, 0) is 9.59 Å². The highest BCUT2D eigenvalue weighted by molar-refractivity contribution is 5.95. The minimum Gasteiger partial charge on any atom is -0.497 e. The molecular formula is C24H28FN3O3. The summed E-state index contributed by atoms with van der Waals surface area (Å²) in [6.07, 6.45) is 4.31. The van der Waals surface area contributed by atoms with Crippen LogP contribution in [-0.4, -0.2) is 42.5 Å². The Morgan fingerprint density at radius 3 is 2.58 bits per heavy atom. The second-order valence-electron chi connectivity index (χ2n) is 8.24. The number of halogens is 1. The zero-order valence-electron chi connectivity index (χ0n) is 17.7. The second kappa shape index (κ2) is 8.96. The van der Waals surface area contributed by atoms with Gasteiger partial charge in [-0.05, 0) is 54.8 Å². The van der Waals surface area contributed by atoms with E-state index in [9.17, 15) is 14.0 Å². The standard InChI is InChI=1S/C24H28FN3O3/c1-31-20-10-8-19(9-11-20)27-24(12-3-2-4-13-24)23(30)28-15-14-26-22(29)21(28)17-6-5-7-18(25)16-17/h5-11,16,21,27H,2-4,12-15H2,1H3,(H,26,29). The van der Waals surface area contributed by atoms with E-state index < -0.39 is 17.4 Å². The Balaban J connectivity index is 1.66. The average Bonchev–Trinajstić information content (AvgIpc) is 2.79. The molecule has 2 fully saturated rings. The number of anilines is 1. The lowest BCUT2D eigenvalue weighted by Crippen LogP contribution is -2.61. The normalized spacial score (nSPS) is 20.6. The fraction of sp³-hybridized carbons (Fsp3) is 0.417. The summed E-state index contributed by atoms with van der Waals surface area (Å²) in [4.78, 5) is 28.4. The van der Waals surface area contributed by atoms with Crippen molar-refractivity contribution >= 4 is 17.5 Å². The van der Waals surface area contributed by atoms with Crippen molar-refractivity contribution < 1.29 is 18.7 Å². The highest BCUT2D eigenvalue weighted by Crippen LogP contribution is 2.36. The molecule has 2 amide bonds. The number of amides is 2. The van der Waals surface area contributed by atoms with Crippen molar-refractivity contribution in [3.63, 3.8) is 0 Å². The molecule has 2 aromatic carbocycles. The van der Waals surface area contributed by atoms with Crippen LogP contribution in [0.4, 0.5) is 10.1 Å². The molecule has 31 heavy (non-hydrogen) atoms. The Labute approximate surface area is 181 Å². The lowest BCUT2D eigenvalue weighted by molar-refractivity contribution is -0.147. The van der Waals surface area contributed by atoms with Crippen molar-refractivity contribution in [3.05, 3.63) is 59.9 Å². The average molecular weight is 426 g/mol. The first-order chi connectivity index (χ1) is 15.0. The summed E-state index contributed by atoms with van der Waals surface area (Å²) in [6.45, 7) is 0.771. The van der Waals surface area contributed by atoms with Crippen LogP contribution < -0.4 is 15.4 Å². The quantitative estimate of drug-likeness (QED) is 0.767. The van der Waals surface area contributed by atoms with E-state index in [1.807, 2.05) is 24.3 Å². The number of carbonyl (C=O) groups is 2. The van der Waals surface area contributed by atoms with Crippen LogP contribution in [0.3, 0.4) is 0 Å². The van der Waals surface area contributed by atoms with Crippen LogP contribution >= 0.6 is 0 Å². The highest BCUT2D eigenvalue weighted by atomic mass is 19.1. The zero-order valence-corrected chi connectivity index (χ0v) is 17.7. The number of ether oxygens (including phenoxy) is 1. The van der Waals surface area contributed by atoms with Crippen LogP contribution in [0.1, 0.15) is 43.7 Å². The van der Waals surface area contributed by atoms with Gasteiger partial charge in [-0.15, -0.1) is 0 Å². The Morgan fingerprint density at radius 2 is 1.90 bits per heavy atom. The van der Waals surface area contributed by atoms with Gasteiger partial charge in [0.1, 0.15) is 23.1 Å². The maximum atomic E-state index is 14.0. The van der Waals surface area contributed by atoms with Gasteiger partial charge < -0.3 is 20.3 Å². The second-order valence-corrected chi connectivity index (χ2v) is 8.24. The van der Waals surface area contributed by atoms with Gasteiger partial charge in [0.15, 0.2) is 0 Å². The van der Waals surface area contributed by atoms with E-state index in [1.165, 1.54) is 12.1 Å². The van der Waals surface area contributed by atoms with Gasteiger partial charge in [-0.2, -0.15) is 0 Å². The van der Waals surface area contributed by atoms with E-state index in [0.29, 0.717) is 31.5 Å². The largest absolute Gasteiger partial charge is 0.497 e. The lowest BCUT2D eigenvalue weighted by Gasteiger charge is -2.44. The molecule has 1 unspecified atom stereocenters. The van der Waals surface area contributed by atoms with Gasteiger partial charge in [-0.3, -0.25) is 9.59 Å². The maximum Gasteiger partial charge on any atom is 0.249 e. The molecule has 7 heteroatoms. The van der Waals surface area contributed by atoms with E-state index in [0.717, 1.165) is 30.7 Å². The number of benzene rings is 2. The summed E-state index contributed by atoms with van der Waals surface area (Å²) in [5.41, 5.74) is 0.525. The number of nitrogens with zero attached hydrogens (tertiary/aromatic N) is 1. The fourth-order valence-electron chi connectivity index (χ4n) is 4.67. The molecule has 164 valence electrons. The summed E-state index contributed by atoms with van der Waals surface area (Å²) in [5.74, 6) is -0.0619. The summed E-state index contributed by atoms with van der Waals surface area (Å²) in [7, 11) is 1.61. The topological polar surface area (TPSA) is 70.7 Å². The number of methoxy groups -OCH3 is 1. The molecule has 1 aliphatic heterocycles. The molecule has 1 saturated carbocycles. The Hall–Kier alpha value is -3.09. The smallest absolute Gasteiger partial charge is 0.249 e. The van der Waals surface area contributed by atoms with Gasteiger partial charge in [-0.25, -0.2) is 4.39 Å². The number of nitrogens with one attached hydrogen (secondary N) is 2. The van der Waals surface area contributed by atoms with Crippen molar-refractivity contribution in [1.82, 2.24) is 10.2 Å². The zero-order chi connectivity index (χ0) is 21.8. The van der Waals surface area contributed by atoms with E-state index in [4.69, 9.17) is 4.74 Å². The third kappa shape index (κ3) is 4.36. The van der Waals surface area contributed by atoms with E-state index in [2.05, 4.69) is 10.6 Å². The van der Waals surface area contributed by atoms with Gasteiger partial charge in [-0.1, -0.05) is 31.4 Å². The first kappa shape index (κ1) is 21.2.